The molecule has 0 spiro atoms. The van der Waals surface area contributed by atoms with E-state index in [0.29, 0.717) is 0 Å². The molecule has 0 saturated heterocycles. The fraction of sp³-hybridized carbons (Fsp3) is 0. The maximum absolute atomic E-state index is 3.88. The van der Waals surface area contributed by atoms with Crippen LogP contribution in [0.3, 0.4) is 0 Å². The Balaban J connectivity index is 2.87. The molecule has 0 amide bonds. The van der Waals surface area contributed by atoms with Crippen molar-refractivity contribution in [3.8, 4) is 11.1 Å². The maximum Gasteiger partial charge on any atom is -0.0178 e. The summed E-state index contributed by atoms with van der Waals surface area (Å²) in [5.41, 5.74) is 2.46. The van der Waals surface area contributed by atoms with Gasteiger partial charge in [0.25, 0.3) is 0 Å². The largest absolute Gasteiger partial charge is 0.0918 e. The van der Waals surface area contributed by atoms with Crippen molar-refractivity contribution in [2.75, 3.05) is 0 Å². The monoisotopic (exact) mass is 154 g/mol. The molecule has 2 aliphatic rings. The maximum atomic E-state index is 3.88. The van der Waals surface area contributed by atoms with Gasteiger partial charge in [-0.05, 0) is 33.7 Å². The summed E-state index contributed by atoms with van der Waals surface area (Å²) in [6, 6.07) is 12.3. The van der Waals surface area contributed by atoms with E-state index in [-0.39, 0.29) is 0 Å². The number of rotatable bonds is 0. The van der Waals surface area contributed by atoms with E-state index >= 15 is 0 Å². The first kappa shape index (κ1) is 7.11. The molecular weight excluding hydrogens is 144 g/mol. The average molecular weight is 154 g/mol. The van der Waals surface area contributed by atoms with Crippen LogP contribution in [0.5, 0.6) is 0 Å². The first-order chi connectivity index (χ1) is 5.75. The molecule has 2 aliphatic carbocycles. The van der Waals surface area contributed by atoms with Gasteiger partial charge >= 0.3 is 0 Å². The zero-order valence-corrected chi connectivity index (χ0v) is 6.88. The van der Waals surface area contributed by atoms with Gasteiger partial charge in [-0.15, -0.1) is 0 Å². The van der Waals surface area contributed by atoms with Gasteiger partial charge in [-0.2, -0.15) is 0 Å². The molecule has 0 aliphatic heterocycles. The number of hydrogen-bond donors (Lipinski definition) is 0. The second kappa shape index (κ2) is 2.49. The SMILES string of the molecule is C=c1ccc2cc(=C)cc-2cc1. The van der Waals surface area contributed by atoms with E-state index in [9.17, 15) is 0 Å². The lowest BCUT2D eigenvalue weighted by Gasteiger charge is -1.85. The Labute approximate surface area is 71.8 Å². The number of hydrogen-bond acceptors (Lipinski definition) is 0. The van der Waals surface area contributed by atoms with Crippen molar-refractivity contribution in [3.05, 3.63) is 46.8 Å². The first-order valence-electron chi connectivity index (χ1n) is 3.93. The van der Waals surface area contributed by atoms with E-state index in [1.165, 1.54) is 11.1 Å². The third-order valence-corrected chi connectivity index (χ3v) is 1.97. The standard InChI is InChI=1S/C12H10/c1-9-3-5-11-7-10(2)8-12(11)6-4-9/h3-8H,1-2H2. The molecule has 0 aromatic carbocycles. The molecule has 0 aromatic rings. The molecule has 0 nitrogen and oxygen atoms in total. The minimum Gasteiger partial charge on any atom is -0.0918 e. The van der Waals surface area contributed by atoms with Crippen LogP contribution < -0.4 is 10.4 Å². The highest BCUT2D eigenvalue weighted by atomic mass is 14.0. The summed E-state index contributed by atoms with van der Waals surface area (Å²) in [5.74, 6) is 0. The second-order valence-electron chi connectivity index (χ2n) is 3.02. The van der Waals surface area contributed by atoms with Crippen molar-refractivity contribution in [1.29, 1.82) is 0 Å². The van der Waals surface area contributed by atoms with Crippen LogP contribution in [0.1, 0.15) is 0 Å². The molecular formula is C12H10. The lowest BCUT2D eigenvalue weighted by molar-refractivity contribution is 1.73. The minimum atomic E-state index is 1.04. The summed E-state index contributed by atoms with van der Waals surface area (Å²) in [6.45, 7) is 7.75. The van der Waals surface area contributed by atoms with Gasteiger partial charge in [0, 0.05) is 0 Å². The molecule has 0 saturated carbocycles. The summed E-state index contributed by atoms with van der Waals surface area (Å²) in [5, 5.41) is 2.11. The molecule has 12 heavy (non-hydrogen) atoms. The number of fused-ring (bicyclic) bond motifs is 1. The van der Waals surface area contributed by atoms with E-state index in [4.69, 9.17) is 0 Å². The Kier molecular flexibility index (Phi) is 1.47. The molecule has 0 heterocycles. The molecule has 0 fully saturated rings. The molecule has 0 atom stereocenters. The summed E-state index contributed by atoms with van der Waals surface area (Å²) in [6.07, 6.45) is 0. The predicted molar refractivity (Wildman–Crippen MR) is 53.4 cm³/mol. The summed E-state index contributed by atoms with van der Waals surface area (Å²) >= 11 is 0. The lowest BCUT2D eigenvalue weighted by atomic mass is 10.2. The molecule has 0 heteroatoms. The molecule has 0 bridgehead atoms. The van der Waals surface area contributed by atoms with Crippen molar-refractivity contribution in [3.63, 3.8) is 0 Å². The van der Waals surface area contributed by atoms with Gasteiger partial charge in [-0.1, -0.05) is 37.4 Å². The van der Waals surface area contributed by atoms with Crippen LogP contribution >= 0.6 is 0 Å². The van der Waals surface area contributed by atoms with Gasteiger partial charge in [0.05, 0.1) is 0 Å². The predicted octanol–water partition coefficient (Wildman–Crippen LogP) is 1.61. The van der Waals surface area contributed by atoms with E-state index in [2.05, 4.69) is 37.4 Å². The van der Waals surface area contributed by atoms with Crippen LogP contribution in [0.4, 0.5) is 0 Å². The third kappa shape index (κ3) is 1.12. The smallest absolute Gasteiger partial charge is 0.0178 e. The average Bonchev–Trinajstić information content (AvgIpc) is 2.31. The molecule has 58 valence electrons. The fourth-order valence-corrected chi connectivity index (χ4v) is 1.35. The van der Waals surface area contributed by atoms with Crippen molar-refractivity contribution < 1.29 is 0 Å². The van der Waals surface area contributed by atoms with Gasteiger partial charge in [0.2, 0.25) is 0 Å². The second-order valence-corrected chi connectivity index (χ2v) is 3.02. The highest BCUT2D eigenvalue weighted by Crippen LogP contribution is 2.15. The minimum absolute atomic E-state index is 1.04. The Bertz CT molecular complexity index is 426. The normalized spacial score (nSPS) is 10.3. The summed E-state index contributed by atoms with van der Waals surface area (Å²) in [7, 11) is 0. The van der Waals surface area contributed by atoms with E-state index in [1.54, 1.807) is 0 Å². The molecule has 0 aromatic heterocycles. The third-order valence-electron chi connectivity index (χ3n) is 1.97. The summed E-state index contributed by atoms with van der Waals surface area (Å²) in [4.78, 5) is 0. The summed E-state index contributed by atoms with van der Waals surface area (Å²) < 4.78 is 0. The molecule has 2 rings (SSSR count). The highest BCUT2D eigenvalue weighted by Gasteiger charge is 1.97. The van der Waals surface area contributed by atoms with Crippen LogP contribution in [0.25, 0.3) is 24.3 Å². The van der Waals surface area contributed by atoms with Crippen molar-refractivity contribution in [2.45, 2.75) is 0 Å². The van der Waals surface area contributed by atoms with Crippen molar-refractivity contribution >= 4 is 13.2 Å². The Hall–Kier alpha value is -1.56. The molecule has 0 N–H and O–H groups in total. The zero-order valence-electron chi connectivity index (χ0n) is 6.88. The van der Waals surface area contributed by atoms with Gasteiger partial charge in [-0.3, -0.25) is 0 Å². The Morgan fingerprint density at radius 2 is 1.17 bits per heavy atom. The van der Waals surface area contributed by atoms with E-state index in [0.717, 1.165) is 10.4 Å². The first-order valence-corrected chi connectivity index (χ1v) is 3.93. The van der Waals surface area contributed by atoms with Crippen LogP contribution in [-0.2, 0) is 0 Å². The van der Waals surface area contributed by atoms with Crippen LogP contribution in [0, 0.1) is 0 Å². The fourth-order valence-electron chi connectivity index (χ4n) is 1.35. The molecule has 0 radical (unpaired) electrons. The molecule has 0 unspecified atom stereocenters. The zero-order chi connectivity index (χ0) is 8.55. The topological polar surface area (TPSA) is 0 Å². The van der Waals surface area contributed by atoms with E-state index in [1.807, 2.05) is 12.1 Å². The van der Waals surface area contributed by atoms with Crippen LogP contribution in [-0.4, -0.2) is 0 Å². The Morgan fingerprint density at radius 3 is 1.67 bits per heavy atom. The van der Waals surface area contributed by atoms with Crippen LogP contribution in [0.15, 0.2) is 36.4 Å². The van der Waals surface area contributed by atoms with E-state index < -0.39 is 0 Å². The van der Waals surface area contributed by atoms with Gasteiger partial charge < -0.3 is 0 Å². The van der Waals surface area contributed by atoms with Crippen molar-refractivity contribution in [2.24, 2.45) is 0 Å². The quantitative estimate of drug-likeness (QED) is 0.541. The van der Waals surface area contributed by atoms with Crippen molar-refractivity contribution in [1.82, 2.24) is 0 Å². The Morgan fingerprint density at radius 1 is 0.667 bits per heavy atom. The highest BCUT2D eigenvalue weighted by molar-refractivity contribution is 5.66. The van der Waals surface area contributed by atoms with Gasteiger partial charge in [0.15, 0.2) is 0 Å². The van der Waals surface area contributed by atoms with Gasteiger partial charge in [0.1, 0.15) is 0 Å². The lowest BCUT2D eigenvalue weighted by Crippen LogP contribution is -1.88. The van der Waals surface area contributed by atoms with Gasteiger partial charge in [-0.25, -0.2) is 0 Å². The van der Waals surface area contributed by atoms with Crippen LogP contribution in [0.2, 0.25) is 0 Å².